The molecule has 9 nitrogen and oxygen atoms in total. The Morgan fingerprint density at radius 2 is 2.08 bits per heavy atom. The number of aromatic nitrogens is 4. The smallest absolute Gasteiger partial charge is 0.417 e. The van der Waals surface area contributed by atoms with Gasteiger partial charge in [0.1, 0.15) is 16.8 Å². The number of carboxylic acid groups (broad SMARTS) is 1. The van der Waals surface area contributed by atoms with Crippen molar-refractivity contribution < 1.29 is 32.6 Å². The van der Waals surface area contributed by atoms with Crippen LogP contribution < -0.4 is 4.74 Å². The molecule has 1 aliphatic heterocycles. The number of hydrogen-bond acceptors (Lipinski definition) is 8. The molecule has 15 heteroatoms. The Labute approximate surface area is 213 Å². The van der Waals surface area contributed by atoms with Gasteiger partial charge in [-0.1, -0.05) is 29.0 Å². The first-order chi connectivity index (χ1) is 17.0. The number of alkyl halides is 3. The van der Waals surface area contributed by atoms with Crippen molar-refractivity contribution in [1.82, 2.24) is 24.5 Å². The molecule has 1 N–H and O–H groups in total. The van der Waals surface area contributed by atoms with Gasteiger partial charge in [0.2, 0.25) is 9.97 Å². The van der Waals surface area contributed by atoms with Crippen LogP contribution in [0.1, 0.15) is 42.7 Å². The second-order valence-electron chi connectivity index (χ2n) is 7.78. The van der Waals surface area contributed by atoms with Gasteiger partial charge in [-0.2, -0.15) is 18.3 Å². The zero-order valence-corrected chi connectivity index (χ0v) is 20.6. The van der Waals surface area contributed by atoms with E-state index in [1.54, 1.807) is 4.52 Å². The number of halogens is 4. The maximum atomic E-state index is 13.3. The molecule has 0 saturated carbocycles. The Morgan fingerprint density at radius 1 is 1.31 bits per heavy atom. The molecule has 4 heterocycles. The van der Waals surface area contributed by atoms with E-state index >= 15 is 0 Å². The lowest BCUT2D eigenvalue weighted by Gasteiger charge is -2.34. The fraction of sp³-hybridized carbons (Fsp3) is 0.286. The number of carboxylic acids is 1. The quantitative estimate of drug-likeness (QED) is 0.385. The number of fused-ring (bicyclic) bond motifs is 3. The molecule has 3 aromatic heterocycles. The van der Waals surface area contributed by atoms with Crippen molar-refractivity contribution in [3.05, 3.63) is 61.3 Å². The number of nitrogens with zero attached hydrogens (tertiary/aromatic N) is 5. The molecule has 0 bridgehead atoms. The summed E-state index contributed by atoms with van der Waals surface area (Å²) in [5.74, 6) is -2.01. The van der Waals surface area contributed by atoms with Gasteiger partial charge in [-0.25, -0.2) is 19.3 Å². The number of hydrogen-bond donors (Lipinski definition) is 1. The standard InChI is InChI=1S/C21H15ClF3N5O4S2/c1-9-28-30-16-11(27-20(30)35-9)5-6-29(17(16)13-7-26-18(36-13)19(32)33)14(31)8-34-12-4-2-3-10(15(12)22)21(23,24)25/h2-4,7,17H,5-6,8H2,1H3,(H,32,33). The van der Waals surface area contributed by atoms with Gasteiger partial charge in [-0.15, -0.1) is 11.3 Å². The van der Waals surface area contributed by atoms with Crippen molar-refractivity contribution in [2.75, 3.05) is 13.2 Å². The topological polar surface area (TPSA) is 110 Å². The van der Waals surface area contributed by atoms with Crippen LogP contribution in [-0.2, 0) is 17.4 Å². The molecular weight excluding hydrogens is 543 g/mol. The summed E-state index contributed by atoms with van der Waals surface area (Å²) in [4.78, 5) is 35.9. The summed E-state index contributed by atoms with van der Waals surface area (Å²) in [5.41, 5.74) is 0.252. The largest absolute Gasteiger partial charge is 0.482 e. The van der Waals surface area contributed by atoms with Crippen LogP contribution in [0.4, 0.5) is 13.2 Å². The van der Waals surface area contributed by atoms with Crippen LogP contribution in [0.25, 0.3) is 4.96 Å². The van der Waals surface area contributed by atoms with Gasteiger partial charge in [0.15, 0.2) is 6.61 Å². The fourth-order valence-corrected chi connectivity index (χ4v) is 5.92. The summed E-state index contributed by atoms with van der Waals surface area (Å²) in [7, 11) is 0. The number of imidazole rings is 1. The second kappa shape index (κ2) is 9.01. The van der Waals surface area contributed by atoms with Gasteiger partial charge < -0.3 is 14.7 Å². The summed E-state index contributed by atoms with van der Waals surface area (Å²) >= 11 is 8.18. The first kappa shape index (κ1) is 24.5. The number of carbonyl (C=O) groups excluding carboxylic acids is 1. The van der Waals surface area contributed by atoms with Gasteiger partial charge in [-0.3, -0.25) is 4.79 Å². The zero-order chi connectivity index (χ0) is 25.8. The van der Waals surface area contributed by atoms with Crippen LogP contribution in [-0.4, -0.2) is 54.6 Å². The van der Waals surface area contributed by atoms with Crippen LogP contribution in [0, 0.1) is 6.92 Å². The van der Waals surface area contributed by atoms with Crippen molar-refractivity contribution >= 4 is 51.1 Å². The lowest BCUT2D eigenvalue weighted by atomic mass is 10.0. The van der Waals surface area contributed by atoms with Crippen molar-refractivity contribution in [2.24, 2.45) is 0 Å². The molecule has 0 spiro atoms. The van der Waals surface area contributed by atoms with E-state index in [1.807, 2.05) is 6.92 Å². The molecule has 4 aromatic rings. The van der Waals surface area contributed by atoms with Gasteiger partial charge in [-0.05, 0) is 19.1 Å². The number of benzene rings is 1. The van der Waals surface area contributed by atoms with E-state index in [2.05, 4.69) is 15.1 Å². The third kappa shape index (κ3) is 4.29. The Hall–Kier alpha value is -3.23. The molecule has 5 rings (SSSR count). The average Bonchev–Trinajstić information content (AvgIpc) is 3.51. The minimum absolute atomic E-state index is 0.147. The Morgan fingerprint density at radius 3 is 2.78 bits per heavy atom. The molecule has 1 atom stereocenters. The molecule has 1 unspecified atom stereocenters. The molecule has 0 fully saturated rings. The number of carbonyl (C=O) groups is 2. The minimum Gasteiger partial charge on any atom is -0.482 e. The number of aryl methyl sites for hydroxylation is 1. The zero-order valence-electron chi connectivity index (χ0n) is 18.2. The molecule has 1 aliphatic rings. The first-order valence-corrected chi connectivity index (χ1v) is 12.4. The number of rotatable bonds is 5. The SMILES string of the molecule is Cc1nn2c3c(nc2s1)CCN(C(=O)COc1cccc(C(F)(F)F)c1Cl)C3c1cnc(C(=O)O)s1. The van der Waals surface area contributed by atoms with E-state index in [9.17, 15) is 27.9 Å². The molecule has 36 heavy (non-hydrogen) atoms. The van der Waals surface area contributed by atoms with Crippen LogP contribution in [0.3, 0.4) is 0 Å². The number of ether oxygens (including phenoxy) is 1. The van der Waals surface area contributed by atoms with Gasteiger partial charge in [0.25, 0.3) is 5.91 Å². The molecule has 188 valence electrons. The number of amides is 1. The van der Waals surface area contributed by atoms with Gasteiger partial charge in [0, 0.05) is 19.2 Å². The number of thiazole rings is 1. The third-order valence-electron chi connectivity index (χ3n) is 5.49. The first-order valence-electron chi connectivity index (χ1n) is 10.4. The summed E-state index contributed by atoms with van der Waals surface area (Å²) in [6, 6.07) is 2.45. The summed E-state index contributed by atoms with van der Waals surface area (Å²) in [6.07, 6.45) is -2.89. The predicted octanol–water partition coefficient (Wildman–Crippen LogP) is 4.48. The Bertz CT molecular complexity index is 1500. The van der Waals surface area contributed by atoms with Gasteiger partial charge >= 0.3 is 12.1 Å². The predicted molar refractivity (Wildman–Crippen MR) is 124 cm³/mol. The van der Waals surface area contributed by atoms with Gasteiger partial charge in [0.05, 0.1) is 26.9 Å². The normalized spacial score (nSPS) is 15.8. The summed E-state index contributed by atoms with van der Waals surface area (Å²) in [6.45, 7) is 1.45. The lowest BCUT2D eigenvalue weighted by molar-refractivity contribution is -0.137. The van der Waals surface area contributed by atoms with E-state index in [-0.39, 0.29) is 17.3 Å². The molecule has 1 aromatic carbocycles. The summed E-state index contributed by atoms with van der Waals surface area (Å²) < 4.78 is 46.6. The maximum absolute atomic E-state index is 13.3. The highest BCUT2D eigenvalue weighted by atomic mass is 35.5. The van der Waals surface area contributed by atoms with Crippen molar-refractivity contribution in [2.45, 2.75) is 25.6 Å². The third-order valence-corrected chi connectivity index (χ3v) is 7.74. The van der Waals surface area contributed by atoms with Crippen molar-refractivity contribution in [1.29, 1.82) is 0 Å². The maximum Gasteiger partial charge on any atom is 0.417 e. The van der Waals surface area contributed by atoms with Crippen LogP contribution >= 0.6 is 34.3 Å². The van der Waals surface area contributed by atoms with E-state index in [0.29, 0.717) is 22.0 Å². The monoisotopic (exact) mass is 557 g/mol. The Kier molecular flexibility index (Phi) is 6.12. The number of aromatic carboxylic acids is 1. The molecule has 0 aliphatic carbocycles. The Balaban J connectivity index is 1.49. The van der Waals surface area contributed by atoms with E-state index < -0.39 is 41.3 Å². The van der Waals surface area contributed by atoms with Crippen molar-refractivity contribution in [3.8, 4) is 5.75 Å². The highest BCUT2D eigenvalue weighted by Gasteiger charge is 2.39. The highest BCUT2D eigenvalue weighted by Crippen LogP contribution is 2.41. The second-order valence-corrected chi connectivity index (χ2v) is 10.4. The minimum atomic E-state index is -4.68. The van der Waals surface area contributed by atoms with Crippen molar-refractivity contribution in [3.63, 3.8) is 0 Å². The summed E-state index contributed by atoms with van der Waals surface area (Å²) in [5, 5.41) is 13.8. The molecular formula is C21H15ClF3N5O4S2. The van der Waals surface area contributed by atoms with E-state index in [1.165, 1.54) is 28.5 Å². The highest BCUT2D eigenvalue weighted by molar-refractivity contribution is 7.16. The molecule has 0 saturated heterocycles. The van der Waals surface area contributed by atoms with E-state index in [4.69, 9.17) is 16.3 Å². The van der Waals surface area contributed by atoms with E-state index in [0.717, 1.165) is 34.2 Å². The molecule has 1 amide bonds. The van der Waals surface area contributed by atoms with Crippen LogP contribution in [0.15, 0.2) is 24.4 Å². The fourth-order valence-electron chi connectivity index (χ4n) is 3.99. The van der Waals surface area contributed by atoms with Crippen LogP contribution in [0.5, 0.6) is 5.75 Å². The van der Waals surface area contributed by atoms with Crippen LogP contribution in [0.2, 0.25) is 5.02 Å². The molecule has 0 radical (unpaired) electrons. The average molecular weight is 558 g/mol. The lowest BCUT2D eigenvalue weighted by Crippen LogP contribution is -2.43.